The lowest BCUT2D eigenvalue weighted by molar-refractivity contribution is 0.0285. The standard InChI is InChI=1S/C24H33NO4/c1-16-10-21(11-17(2)18(16)3)29-23-14-25(13-22(23)26)12-19-6-8-20(9-7-19)28-15-24(4,5)27/h6-11,22-23,26-27H,12-15H2,1-5H3/t22-,23-/m0/s1. The van der Waals surface area contributed by atoms with Crippen molar-refractivity contribution in [2.24, 2.45) is 0 Å². The second kappa shape index (κ2) is 8.74. The highest BCUT2D eigenvalue weighted by Crippen LogP contribution is 2.25. The van der Waals surface area contributed by atoms with Gasteiger partial charge in [-0.1, -0.05) is 12.1 Å². The Morgan fingerprint density at radius 3 is 2.21 bits per heavy atom. The number of β-amino-alcohol motifs (C(OH)–C–C–N with tert-alkyl or cyclic N) is 1. The van der Waals surface area contributed by atoms with E-state index >= 15 is 0 Å². The van der Waals surface area contributed by atoms with E-state index in [1.54, 1.807) is 13.8 Å². The number of ether oxygens (including phenoxy) is 2. The summed E-state index contributed by atoms with van der Waals surface area (Å²) in [6.07, 6.45) is -0.739. The number of aliphatic hydroxyl groups is 2. The van der Waals surface area contributed by atoms with E-state index in [9.17, 15) is 10.2 Å². The molecule has 2 atom stereocenters. The minimum Gasteiger partial charge on any atom is -0.491 e. The van der Waals surface area contributed by atoms with Crippen molar-refractivity contribution in [1.82, 2.24) is 4.90 Å². The SMILES string of the molecule is Cc1cc(O[C@H]2CN(Cc3ccc(OCC(C)(C)O)cc3)C[C@@H]2O)cc(C)c1C. The van der Waals surface area contributed by atoms with Gasteiger partial charge in [0.25, 0.3) is 0 Å². The van der Waals surface area contributed by atoms with Crippen molar-refractivity contribution in [2.75, 3.05) is 19.7 Å². The average molecular weight is 400 g/mol. The second-order valence-corrected chi connectivity index (χ2v) is 8.84. The van der Waals surface area contributed by atoms with Crippen LogP contribution in [-0.2, 0) is 6.54 Å². The second-order valence-electron chi connectivity index (χ2n) is 8.84. The molecule has 2 aromatic carbocycles. The summed E-state index contributed by atoms with van der Waals surface area (Å²) < 4.78 is 11.7. The van der Waals surface area contributed by atoms with Crippen LogP contribution >= 0.6 is 0 Å². The maximum atomic E-state index is 10.5. The molecule has 0 spiro atoms. The Bertz CT molecular complexity index is 803. The molecular weight excluding hydrogens is 366 g/mol. The Balaban J connectivity index is 1.56. The fourth-order valence-electron chi connectivity index (χ4n) is 3.53. The van der Waals surface area contributed by atoms with Gasteiger partial charge in [0, 0.05) is 19.6 Å². The summed E-state index contributed by atoms with van der Waals surface area (Å²) in [6.45, 7) is 12.0. The number of benzene rings is 2. The van der Waals surface area contributed by atoms with Gasteiger partial charge < -0.3 is 19.7 Å². The van der Waals surface area contributed by atoms with Gasteiger partial charge in [-0.25, -0.2) is 0 Å². The normalized spacial score (nSPS) is 20.1. The maximum Gasteiger partial charge on any atom is 0.138 e. The van der Waals surface area contributed by atoms with Crippen molar-refractivity contribution in [3.8, 4) is 11.5 Å². The van der Waals surface area contributed by atoms with Crippen molar-refractivity contribution in [1.29, 1.82) is 0 Å². The van der Waals surface area contributed by atoms with Crippen LogP contribution in [0.3, 0.4) is 0 Å². The molecule has 0 unspecified atom stereocenters. The summed E-state index contributed by atoms with van der Waals surface area (Å²) in [7, 11) is 0. The van der Waals surface area contributed by atoms with E-state index in [0.29, 0.717) is 13.1 Å². The molecule has 158 valence electrons. The lowest BCUT2D eigenvalue weighted by Gasteiger charge is -2.19. The van der Waals surface area contributed by atoms with Gasteiger partial charge >= 0.3 is 0 Å². The van der Waals surface area contributed by atoms with Crippen LogP contribution in [-0.4, -0.2) is 52.6 Å². The topological polar surface area (TPSA) is 62.2 Å². The van der Waals surface area contributed by atoms with Gasteiger partial charge in [0.1, 0.15) is 30.3 Å². The van der Waals surface area contributed by atoms with Crippen LogP contribution in [0.15, 0.2) is 36.4 Å². The number of hydrogen-bond donors (Lipinski definition) is 2. The van der Waals surface area contributed by atoms with Crippen LogP contribution in [0.4, 0.5) is 0 Å². The highest BCUT2D eigenvalue weighted by Gasteiger charge is 2.33. The van der Waals surface area contributed by atoms with Crippen LogP contribution in [0.5, 0.6) is 11.5 Å². The van der Waals surface area contributed by atoms with Crippen LogP contribution in [0.2, 0.25) is 0 Å². The Labute approximate surface area is 173 Å². The molecule has 0 aliphatic carbocycles. The van der Waals surface area contributed by atoms with Crippen LogP contribution < -0.4 is 9.47 Å². The minimum atomic E-state index is -0.853. The molecule has 2 N–H and O–H groups in total. The predicted molar refractivity (Wildman–Crippen MR) is 115 cm³/mol. The van der Waals surface area contributed by atoms with Gasteiger partial charge in [0.05, 0.1) is 5.60 Å². The molecule has 1 aliphatic heterocycles. The number of hydrogen-bond acceptors (Lipinski definition) is 5. The molecule has 0 aromatic heterocycles. The molecule has 1 aliphatic rings. The molecule has 29 heavy (non-hydrogen) atoms. The first-order chi connectivity index (χ1) is 13.6. The molecule has 1 fully saturated rings. The number of aryl methyl sites for hydroxylation is 2. The summed E-state index contributed by atoms with van der Waals surface area (Å²) in [6, 6.07) is 12.0. The maximum absolute atomic E-state index is 10.5. The summed E-state index contributed by atoms with van der Waals surface area (Å²) in [4.78, 5) is 2.20. The van der Waals surface area contributed by atoms with E-state index in [4.69, 9.17) is 9.47 Å². The van der Waals surface area contributed by atoms with E-state index in [-0.39, 0.29) is 12.7 Å². The number of nitrogens with zero attached hydrogens (tertiary/aromatic N) is 1. The first-order valence-corrected chi connectivity index (χ1v) is 10.2. The molecule has 0 bridgehead atoms. The summed E-state index contributed by atoms with van der Waals surface area (Å²) in [5, 5.41) is 20.2. The fraction of sp³-hybridized carbons (Fsp3) is 0.500. The first-order valence-electron chi connectivity index (χ1n) is 10.2. The minimum absolute atomic E-state index is 0.231. The van der Waals surface area contributed by atoms with Gasteiger partial charge in [0.2, 0.25) is 0 Å². The molecule has 3 rings (SSSR count). The average Bonchev–Trinajstić information content (AvgIpc) is 2.97. The third-order valence-corrected chi connectivity index (χ3v) is 5.42. The zero-order valence-electron chi connectivity index (χ0n) is 18.1. The highest BCUT2D eigenvalue weighted by atomic mass is 16.5. The van der Waals surface area contributed by atoms with Crippen LogP contribution in [0.1, 0.15) is 36.1 Å². The molecule has 1 heterocycles. The Kier molecular flexibility index (Phi) is 6.52. The quantitative estimate of drug-likeness (QED) is 0.747. The van der Waals surface area contributed by atoms with Gasteiger partial charge in [0.15, 0.2) is 0 Å². The molecule has 0 saturated carbocycles. The summed E-state index contributed by atoms with van der Waals surface area (Å²) in [5.74, 6) is 1.56. The largest absolute Gasteiger partial charge is 0.491 e. The van der Waals surface area contributed by atoms with E-state index in [1.165, 1.54) is 16.7 Å². The highest BCUT2D eigenvalue weighted by molar-refractivity contribution is 5.40. The molecule has 2 aromatic rings. The van der Waals surface area contributed by atoms with Crippen LogP contribution in [0, 0.1) is 20.8 Å². The van der Waals surface area contributed by atoms with Gasteiger partial charge in [-0.15, -0.1) is 0 Å². The van der Waals surface area contributed by atoms with Crippen molar-refractivity contribution in [3.63, 3.8) is 0 Å². The number of likely N-dealkylation sites (tertiary alicyclic amines) is 1. The molecule has 1 saturated heterocycles. The zero-order valence-corrected chi connectivity index (χ0v) is 18.1. The molecular formula is C24H33NO4. The number of rotatable bonds is 7. The Morgan fingerprint density at radius 1 is 1.00 bits per heavy atom. The predicted octanol–water partition coefficient (Wildman–Crippen LogP) is 3.39. The molecule has 5 heteroatoms. The van der Waals surface area contributed by atoms with E-state index in [1.807, 2.05) is 36.4 Å². The molecule has 0 amide bonds. The van der Waals surface area contributed by atoms with Crippen LogP contribution in [0.25, 0.3) is 0 Å². The summed E-state index contributed by atoms with van der Waals surface area (Å²) in [5.41, 5.74) is 3.98. The summed E-state index contributed by atoms with van der Waals surface area (Å²) >= 11 is 0. The molecule has 5 nitrogen and oxygen atoms in total. The van der Waals surface area contributed by atoms with Gasteiger partial charge in [-0.2, -0.15) is 0 Å². The first kappa shape index (κ1) is 21.6. The zero-order chi connectivity index (χ0) is 21.2. The fourth-order valence-corrected chi connectivity index (χ4v) is 3.53. The number of aliphatic hydroxyl groups excluding tert-OH is 1. The van der Waals surface area contributed by atoms with Gasteiger partial charge in [-0.3, -0.25) is 4.90 Å². The smallest absolute Gasteiger partial charge is 0.138 e. The lowest BCUT2D eigenvalue weighted by Crippen LogP contribution is -2.30. The molecule has 0 radical (unpaired) electrons. The van der Waals surface area contributed by atoms with E-state index in [0.717, 1.165) is 23.6 Å². The monoisotopic (exact) mass is 399 g/mol. The van der Waals surface area contributed by atoms with Crippen molar-refractivity contribution >= 4 is 0 Å². The van der Waals surface area contributed by atoms with E-state index < -0.39 is 11.7 Å². The van der Waals surface area contributed by atoms with Gasteiger partial charge in [-0.05, 0) is 81.1 Å². The third kappa shape index (κ3) is 5.95. The lowest BCUT2D eigenvalue weighted by atomic mass is 10.0. The third-order valence-electron chi connectivity index (χ3n) is 5.42. The van der Waals surface area contributed by atoms with E-state index in [2.05, 4.69) is 25.7 Å². The van der Waals surface area contributed by atoms with Crippen molar-refractivity contribution in [3.05, 3.63) is 58.7 Å². The van der Waals surface area contributed by atoms with Crippen molar-refractivity contribution < 1.29 is 19.7 Å². The Morgan fingerprint density at radius 2 is 1.62 bits per heavy atom. The van der Waals surface area contributed by atoms with Crippen molar-refractivity contribution in [2.45, 2.75) is 59.0 Å². The Hall–Kier alpha value is -2.08.